The van der Waals surface area contributed by atoms with E-state index in [9.17, 15) is 14.7 Å². The maximum absolute atomic E-state index is 11.8. The number of hydrogen-bond donors (Lipinski definition) is 15. The molecule has 634 valence electrons. The summed E-state index contributed by atoms with van der Waals surface area (Å²) in [4.78, 5) is 44.8. The molecular weight excluding hydrogens is 1300 g/mol. The van der Waals surface area contributed by atoms with E-state index in [-0.39, 0.29) is 201 Å². The summed E-state index contributed by atoms with van der Waals surface area (Å²) in [6.07, 6.45) is 17.7. The van der Waals surface area contributed by atoms with Gasteiger partial charge in [0.05, 0.1) is 12.7 Å². The third-order valence-corrected chi connectivity index (χ3v) is 15.6. The Morgan fingerprint density at radius 1 is 0.427 bits per heavy atom. The minimum Gasteiger partial charge on any atom is -0.412 e. The van der Waals surface area contributed by atoms with Gasteiger partial charge in [-0.05, 0) is 127 Å². The zero-order chi connectivity index (χ0) is 56.9. The number of nitrogens with one attached hydrogen (secondary N) is 2. The third-order valence-electron chi connectivity index (χ3n) is 15.6. The molecule has 0 aromatic heterocycles. The van der Waals surface area contributed by atoms with Gasteiger partial charge in [-0.25, -0.2) is 0 Å². The van der Waals surface area contributed by atoms with E-state index in [4.69, 9.17) is 20.3 Å². The summed E-state index contributed by atoms with van der Waals surface area (Å²) in [5.74, 6) is 0.522. The van der Waals surface area contributed by atoms with Crippen LogP contribution in [0.2, 0.25) is 0 Å². The highest BCUT2D eigenvalue weighted by molar-refractivity contribution is 5.78. The molecule has 4 aliphatic carbocycles. The van der Waals surface area contributed by atoms with Crippen molar-refractivity contribution in [2.75, 3.05) is 65.6 Å². The lowest BCUT2D eigenvalue weighted by molar-refractivity contribution is -0.143. The minimum absolute atomic E-state index is 0. The number of nitrogens with zero attached hydrogens (tertiary/aromatic N) is 3. The van der Waals surface area contributed by atoms with Crippen LogP contribution in [0.1, 0.15) is 274 Å². The molecule has 24 heteroatoms. The van der Waals surface area contributed by atoms with Gasteiger partial charge in [0.2, 0.25) is 11.8 Å². The van der Waals surface area contributed by atoms with Crippen LogP contribution in [-0.4, -0.2) is 109 Å². The van der Waals surface area contributed by atoms with Gasteiger partial charge in [0, 0.05) is 75.0 Å². The Balaban J connectivity index is -0.0000000319. The van der Waals surface area contributed by atoms with E-state index < -0.39 is 0 Å². The number of aryl methyl sites for hydroxylation is 4. The van der Waals surface area contributed by atoms with Crippen LogP contribution >= 0.6 is 0 Å². The van der Waals surface area contributed by atoms with Crippen molar-refractivity contribution in [3.8, 4) is 0 Å². The number of rotatable bonds is 10. The third kappa shape index (κ3) is 59.2. The first-order valence-electron chi connectivity index (χ1n) is 28.9. The molecule has 7 fully saturated rings. The number of aliphatic hydroxyl groups excluding tert-OH is 1. The Bertz CT molecular complexity index is 2270. The maximum Gasteiger partial charge on any atom is 0.248 e. The van der Waals surface area contributed by atoms with Crippen molar-refractivity contribution in [2.45, 2.75) is 285 Å². The highest BCUT2D eigenvalue weighted by atomic mass is 16.5. The molecule has 40 N–H and O–H groups in total. The van der Waals surface area contributed by atoms with Crippen molar-refractivity contribution in [2.24, 2.45) is 11.1 Å². The number of morpholine rings is 1. The largest absolute Gasteiger partial charge is 0.412 e. The molecule has 4 aromatic rings. The van der Waals surface area contributed by atoms with E-state index in [1.165, 1.54) is 116 Å². The van der Waals surface area contributed by atoms with Crippen molar-refractivity contribution in [3.05, 3.63) is 152 Å². The van der Waals surface area contributed by atoms with Crippen LogP contribution in [0.3, 0.4) is 0 Å². The quantitative estimate of drug-likeness (QED) is 0.0656. The van der Waals surface area contributed by atoms with Gasteiger partial charge < -0.3 is 103 Å². The topological polar surface area (TPSA) is 598 Å². The second-order valence-electron chi connectivity index (χ2n) is 23.2. The highest BCUT2D eigenvalue weighted by Gasteiger charge is 2.47. The molecule has 3 aliphatic heterocycles. The number of carbonyl (C=O) groups is 2. The van der Waals surface area contributed by atoms with Gasteiger partial charge >= 0.3 is 0 Å². The van der Waals surface area contributed by atoms with Gasteiger partial charge in [-0.2, -0.15) is 9.81 Å². The van der Waals surface area contributed by atoms with E-state index in [2.05, 4.69) is 168 Å². The Morgan fingerprint density at radius 2 is 0.728 bits per heavy atom. The summed E-state index contributed by atoms with van der Waals surface area (Å²) in [7, 11) is 0. The van der Waals surface area contributed by atoms with Crippen LogP contribution in [0.5, 0.6) is 0 Å². The Labute approximate surface area is 641 Å². The number of nitrogens with two attached hydrogens (primary N) is 1. The number of ether oxygens (including phenoxy) is 1. The van der Waals surface area contributed by atoms with E-state index >= 15 is 0 Å². The molecule has 2 amide bonds. The lowest BCUT2D eigenvalue weighted by atomic mass is 9.93. The molecule has 0 bridgehead atoms. The molecule has 0 spiro atoms. The molecular formula is C79H191N17O7. The second-order valence-corrected chi connectivity index (χ2v) is 23.2. The first-order valence-corrected chi connectivity index (χ1v) is 28.9. The SMILES string of the molecule is C.C.C.C.C.C.C.C.C.C.C.C.C.C.CC1(CN2CCCCC2=O)CC1.CCC.CCC.Cc1ccc(C2(CN)CC2)cc1.Cc1ccc(C2(CN3CCC(O)CC3)CC2)cc1.Cc1ccc(C2(CN3CCOCC3=O)CC2)cc1.Cc1ccccc1.N.N.N.N.N.N.N.N.N.N.N.N=O.N=O.O. The van der Waals surface area contributed by atoms with Gasteiger partial charge in [-0.1, -0.05) is 288 Å². The van der Waals surface area contributed by atoms with E-state index in [0.29, 0.717) is 28.8 Å². The lowest BCUT2D eigenvalue weighted by Crippen LogP contribution is -2.45. The standard InChI is InChI=1S/C16H23NO.C15H19NO2.C11H15N.C10H17NO.C7H8.2C3H8.14CH4.2HNO.11H3N.H2O/c1-13-2-4-14(5-3-13)16(8-9-16)12-17-10-6-15(18)7-11-17;1-12-2-4-13(5-3-12)15(6-7-15)11-16-8-9-18-10-14(16)17;1-9-2-4-10(5-3-9)11(8-12)6-7-11;1-10(5-6-10)8-11-7-3-2-4-9(11)12;1-7-5-3-2-4-6-7;2*1-3-2;;;;;;;;;;;;;;;2*1-2;;;;;;;;;;;;/h2-5,15,18H,6-12H2,1H3;2-5H,6-11H2,1H3;2-5H,6-8,12H2,1H3;2-8H2,1H3;2-6H,1H3;2*3H2,1-2H3;14*1H4;2*1H;11*1H3;1H2. The fourth-order valence-electron chi connectivity index (χ4n) is 9.84. The Hall–Kier alpha value is -5.62. The zero-order valence-electron chi connectivity index (χ0n) is 57.3. The number of aliphatic hydroxyl groups is 1. The average molecular weight is 1490 g/mol. The number of hydrogen-bond acceptors (Lipinski definition) is 21. The minimum atomic E-state index is -0.0595. The van der Waals surface area contributed by atoms with Crippen LogP contribution in [0, 0.1) is 54.1 Å². The number of piperidine rings is 2. The number of likely N-dealkylation sites (tertiary alicyclic amines) is 2. The molecule has 0 atom stereocenters. The fraction of sp³-hybridized carbons (Fsp3) is 0.671. The van der Waals surface area contributed by atoms with Crippen molar-refractivity contribution < 1.29 is 24.9 Å². The monoisotopic (exact) mass is 1490 g/mol. The number of benzene rings is 4. The van der Waals surface area contributed by atoms with Crippen LogP contribution < -0.4 is 73.4 Å². The molecule has 4 saturated carbocycles. The van der Waals surface area contributed by atoms with Crippen LogP contribution in [0.4, 0.5) is 0 Å². The van der Waals surface area contributed by atoms with Gasteiger partial charge in [0.25, 0.3) is 0 Å². The second kappa shape index (κ2) is 87.0. The molecule has 11 rings (SSSR count). The highest BCUT2D eigenvalue weighted by Crippen LogP contribution is 2.50. The molecule has 0 radical (unpaired) electrons. The van der Waals surface area contributed by atoms with Crippen molar-refractivity contribution in [1.82, 2.24) is 82.4 Å². The smallest absolute Gasteiger partial charge is 0.248 e. The zero-order valence-corrected chi connectivity index (χ0v) is 57.3. The summed E-state index contributed by atoms with van der Waals surface area (Å²) >= 11 is 0. The van der Waals surface area contributed by atoms with Crippen molar-refractivity contribution >= 4 is 11.8 Å². The molecule has 0 unspecified atom stereocenters. The Kier molecular flexibility index (Phi) is 142. The summed E-state index contributed by atoms with van der Waals surface area (Å²) < 4.78 is 5.18. The molecule has 7 aliphatic rings. The van der Waals surface area contributed by atoms with Crippen molar-refractivity contribution in [1.29, 1.82) is 11.2 Å². The van der Waals surface area contributed by atoms with Gasteiger partial charge in [0.1, 0.15) is 6.61 Å². The van der Waals surface area contributed by atoms with Crippen LogP contribution in [0.25, 0.3) is 0 Å². The molecule has 24 nitrogen and oxygen atoms in total. The molecule has 103 heavy (non-hydrogen) atoms. The fourth-order valence-corrected chi connectivity index (χ4v) is 9.84. The number of nitroso groups, excluding NO2 is 2. The summed E-state index contributed by atoms with van der Waals surface area (Å²) in [5.41, 5.74) is 25.8. The molecule has 4 aromatic carbocycles. The molecule has 3 saturated heterocycles. The van der Waals surface area contributed by atoms with Gasteiger partial charge in [-0.15, -0.1) is 0 Å². The van der Waals surface area contributed by atoms with E-state index in [1.807, 2.05) is 23.1 Å². The summed E-state index contributed by atoms with van der Waals surface area (Å²) in [5, 5.41) is 9.56. The van der Waals surface area contributed by atoms with Crippen molar-refractivity contribution in [3.63, 3.8) is 0 Å². The Morgan fingerprint density at radius 3 is 1.00 bits per heavy atom. The summed E-state index contributed by atoms with van der Waals surface area (Å²) in [6, 6.07) is 36.9. The predicted molar refractivity (Wildman–Crippen MR) is 471 cm³/mol. The average Bonchev–Trinajstić information content (AvgIpc) is 1.66. The first kappa shape index (κ1) is 168. The van der Waals surface area contributed by atoms with E-state index in [0.717, 1.165) is 71.5 Å². The van der Waals surface area contributed by atoms with Gasteiger partial charge in [-0.3, -0.25) is 9.59 Å². The first-order chi connectivity index (χ1) is 37.1. The molecule has 3 heterocycles. The summed E-state index contributed by atoms with van der Waals surface area (Å²) in [6.45, 7) is 27.9. The number of amides is 2. The predicted octanol–water partition coefficient (Wildman–Crippen LogP) is 23.5. The van der Waals surface area contributed by atoms with E-state index in [1.54, 1.807) is 0 Å². The van der Waals surface area contributed by atoms with Crippen LogP contribution in [0.15, 0.2) is 103 Å². The number of carbonyl (C=O) groups excluding carboxylic acids is 2. The lowest BCUT2D eigenvalue weighted by Gasteiger charge is -2.32. The maximum atomic E-state index is 11.8. The normalized spacial score (nSPS) is 14.5. The van der Waals surface area contributed by atoms with Crippen LogP contribution in [-0.2, 0) is 30.6 Å². The van der Waals surface area contributed by atoms with Gasteiger partial charge in [0.15, 0.2) is 0 Å².